The normalized spacial score (nSPS) is 15.0. The highest BCUT2D eigenvalue weighted by atomic mass is 28.3. The first-order valence-electron chi connectivity index (χ1n) is 8.41. The van der Waals surface area contributed by atoms with Crippen molar-refractivity contribution in [2.45, 2.75) is 51.9 Å². The van der Waals surface area contributed by atoms with Crippen LogP contribution < -0.4 is 10.7 Å². The summed E-state index contributed by atoms with van der Waals surface area (Å²) < 4.78 is 5.78. The lowest BCUT2D eigenvalue weighted by atomic mass is 10.0. The Morgan fingerprint density at radius 3 is 2.59 bits per heavy atom. The molecule has 1 aliphatic rings. The van der Waals surface area contributed by atoms with Crippen LogP contribution in [0.5, 0.6) is 0 Å². The summed E-state index contributed by atoms with van der Waals surface area (Å²) in [5.41, 5.74) is 3.62. The second-order valence-electron chi connectivity index (χ2n) is 6.29. The van der Waals surface area contributed by atoms with Crippen LogP contribution in [-0.2, 0) is 17.8 Å². The number of ether oxygens (including phenoxy) is 1. The zero-order valence-electron chi connectivity index (χ0n) is 13.8. The summed E-state index contributed by atoms with van der Waals surface area (Å²) >= 11 is 0. The van der Waals surface area contributed by atoms with Crippen molar-refractivity contribution in [3.8, 4) is 0 Å². The molecule has 0 unspecified atom stereocenters. The van der Waals surface area contributed by atoms with Gasteiger partial charge >= 0.3 is 0 Å². The van der Waals surface area contributed by atoms with Gasteiger partial charge in [0.1, 0.15) is 0 Å². The Morgan fingerprint density at radius 1 is 1.18 bits per heavy atom. The van der Waals surface area contributed by atoms with E-state index in [0.717, 1.165) is 35.3 Å². The third kappa shape index (κ3) is 2.25. The molecule has 1 aliphatic heterocycles. The highest BCUT2D eigenvalue weighted by molar-refractivity contribution is 6.92. The van der Waals surface area contributed by atoms with Gasteiger partial charge in [0, 0.05) is 16.1 Å². The molecule has 0 bridgehead atoms. The average molecular weight is 315 g/mol. The van der Waals surface area contributed by atoms with Crippen LogP contribution in [0.4, 0.5) is 0 Å². The summed E-state index contributed by atoms with van der Waals surface area (Å²) in [4.78, 5) is 16.1. The zero-order valence-corrected chi connectivity index (χ0v) is 14.8. The van der Waals surface area contributed by atoms with Gasteiger partial charge in [-0.15, -0.1) is 0 Å². The molecule has 0 amide bonds. The van der Waals surface area contributed by atoms with Gasteiger partial charge in [-0.25, -0.2) is 0 Å². The smallest absolute Gasteiger partial charge is 0.247 e. The van der Waals surface area contributed by atoms with Crippen molar-refractivity contribution in [2.75, 3.05) is 6.61 Å². The number of nitrogens with one attached hydrogen (secondary N) is 1. The molecule has 0 fully saturated rings. The van der Waals surface area contributed by atoms with E-state index in [-0.39, 0.29) is 5.56 Å². The van der Waals surface area contributed by atoms with Gasteiger partial charge in [-0.1, -0.05) is 51.0 Å². The number of H-pyrrole nitrogens is 1. The number of pyridine rings is 1. The van der Waals surface area contributed by atoms with E-state index in [4.69, 9.17) is 4.74 Å². The lowest BCUT2D eigenvalue weighted by Crippen LogP contribution is -2.55. The molecule has 0 saturated heterocycles. The number of hydrogen-bond donors (Lipinski definition) is 1. The van der Waals surface area contributed by atoms with Crippen LogP contribution in [0.15, 0.2) is 23.0 Å². The summed E-state index contributed by atoms with van der Waals surface area (Å²) in [6.45, 7) is 8.13. The second-order valence-corrected chi connectivity index (χ2v) is 11.5. The molecule has 0 atom stereocenters. The van der Waals surface area contributed by atoms with Crippen LogP contribution in [0.2, 0.25) is 18.1 Å². The lowest BCUT2D eigenvalue weighted by Gasteiger charge is -2.30. The minimum absolute atomic E-state index is 0.152. The van der Waals surface area contributed by atoms with E-state index in [1.807, 2.05) is 12.1 Å². The molecule has 4 heteroatoms. The summed E-state index contributed by atoms with van der Waals surface area (Å²) in [5, 5.41) is 2.40. The van der Waals surface area contributed by atoms with Gasteiger partial charge in [0.05, 0.1) is 21.3 Å². The molecule has 1 N–H and O–H groups in total. The molecular weight excluding hydrogens is 290 g/mol. The van der Waals surface area contributed by atoms with Crippen LogP contribution in [0.3, 0.4) is 0 Å². The Morgan fingerprint density at radius 2 is 1.91 bits per heavy atom. The van der Waals surface area contributed by atoms with Crippen LogP contribution in [0.1, 0.15) is 31.9 Å². The largest absolute Gasteiger partial charge is 0.376 e. The molecule has 22 heavy (non-hydrogen) atoms. The third-order valence-electron chi connectivity index (χ3n) is 5.54. The van der Waals surface area contributed by atoms with Crippen molar-refractivity contribution in [3.05, 3.63) is 39.7 Å². The molecule has 2 heterocycles. The SMILES string of the molecule is CC[Si](CC)(CC)c1c2c3c(cccc3[nH]c1=O)COCC2. The molecule has 118 valence electrons. The highest BCUT2D eigenvalue weighted by Crippen LogP contribution is 2.28. The molecule has 1 aromatic carbocycles. The average Bonchev–Trinajstić information content (AvgIpc) is 2.75. The Hall–Kier alpha value is -1.39. The van der Waals surface area contributed by atoms with Crippen LogP contribution >= 0.6 is 0 Å². The summed E-state index contributed by atoms with van der Waals surface area (Å²) in [7, 11) is -1.73. The Labute approximate surface area is 132 Å². The number of aromatic amines is 1. The molecular formula is C18H25NO2Si. The van der Waals surface area contributed by atoms with Crippen LogP contribution in [0.25, 0.3) is 10.9 Å². The van der Waals surface area contributed by atoms with Crippen molar-refractivity contribution in [1.82, 2.24) is 4.98 Å². The number of hydrogen-bond acceptors (Lipinski definition) is 2. The summed E-state index contributed by atoms with van der Waals surface area (Å²) in [5.74, 6) is 0. The van der Waals surface area contributed by atoms with E-state index in [1.54, 1.807) is 0 Å². The predicted molar refractivity (Wildman–Crippen MR) is 94.8 cm³/mol. The van der Waals surface area contributed by atoms with E-state index in [0.29, 0.717) is 13.2 Å². The van der Waals surface area contributed by atoms with Gasteiger partial charge < -0.3 is 9.72 Å². The van der Waals surface area contributed by atoms with Gasteiger partial charge in [-0.05, 0) is 23.6 Å². The van der Waals surface area contributed by atoms with Crippen LogP contribution in [0, 0.1) is 0 Å². The summed E-state index contributed by atoms with van der Waals surface area (Å²) in [6, 6.07) is 9.55. The van der Waals surface area contributed by atoms with Crippen LogP contribution in [-0.4, -0.2) is 19.7 Å². The Bertz CT molecular complexity index is 738. The Balaban J connectivity index is 2.42. The first-order valence-corrected chi connectivity index (χ1v) is 11.0. The molecule has 3 nitrogen and oxygen atoms in total. The number of aromatic nitrogens is 1. The lowest BCUT2D eigenvalue weighted by molar-refractivity contribution is 0.127. The molecule has 0 saturated carbocycles. The van der Waals surface area contributed by atoms with Gasteiger partial charge in [-0.3, -0.25) is 4.79 Å². The van der Waals surface area contributed by atoms with Crippen molar-refractivity contribution < 1.29 is 4.74 Å². The maximum Gasteiger partial charge on any atom is 0.247 e. The van der Waals surface area contributed by atoms with E-state index >= 15 is 0 Å². The first kappa shape index (κ1) is 15.5. The highest BCUT2D eigenvalue weighted by Gasteiger charge is 2.35. The van der Waals surface area contributed by atoms with Crippen molar-refractivity contribution in [1.29, 1.82) is 0 Å². The molecule has 3 rings (SSSR count). The molecule has 0 spiro atoms. The molecule has 1 aromatic heterocycles. The van der Waals surface area contributed by atoms with Gasteiger partial charge in [0.25, 0.3) is 0 Å². The number of rotatable bonds is 4. The zero-order chi connectivity index (χ0) is 15.7. The topological polar surface area (TPSA) is 42.1 Å². The predicted octanol–water partition coefficient (Wildman–Crippen LogP) is 3.32. The maximum absolute atomic E-state index is 12.9. The fourth-order valence-electron chi connectivity index (χ4n) is 4.08. The molecule has 2 aromatic rings. The van der Waals surface area contributed by atoms with Gasteiger partial charge in [-0.2, -0.15) is 0 Å². The van der Waals surface area contributed by atoms with Crippen molar-refractivity contribution >= 4 is 24.2 Å². The first-order chi connectivity index (χ1) is 10.7. The van der Waals surface area contributed by atoms with Crippen molar-refractivity contribution in [3.63, 3.8) is 0 Å². The second kappa shape index (κ2) is 6.01. The van der Waals surface area contributed by atoms with E-state index in [2.05, 4.69) is 31.8 Å². The quantitative estimate of drug-likeness (QED) is 0.880. The van der Waals surface area contributed by atoms with Gasteiger partial charge in [0.2, 0.25) is 5.56 Å². The monoisotopic (exact) mass is 315 g/mol. The molecule has 0 aliphatic carbocycles. The Kier molecular flexibility index (Phi) is 4.23. The van der Waals surface area contributed by atoms with E-state index < -0.39 is 8.07 Å². The molecule has 0 radical (unpaired) electrons. The standard InChI is InChI=1S/C18H25NO2Si/c1-4-22(5-2,6-3)17-14-10-11-21-12-13-8-7-9-15(16(13)14)19-18(17)20/h7-9H,4-6,10-12H2,1-3H3,(H,19,20). The number of benzene rings is 1. The van der Waals surface area contributed by atoms with E-state index in [9.17, 15) is 4.79 Å². The minimum atomic E-state index is -1.73. The minimum Gasteiger partial charge on any atom is -0.376 e. The fraction of sp³-hybridized carbons (Fsp3) is 0.500. The van der Waals surface area contributed by atoms with E-state index in [1.165, 1.54) is 16.5 Å². The fourth-order valence-corrected chi connectivity index (χ4v) is 8.07. The maximum atomic E-state index is 12.9. The van der Waals surface area contributed by atoms with Crippen molar-refractivity contribution in [2.24, 2.45) is 0 Å². The summed E-state index contributed by atoms with van der Waals surface area (Å²) in [6.07, 6.45) is 0.863. The van der Waals surface area contributed by atoms with Gasteiger partial charge in [0.15, 0.2) is 0 Å². The third-order valence-corrected chi connectivity index (χ3v) is 11.2.